The number of carbonyl (C=O) groups is 2. The van der Waals surface area contributed by atoms with Crippen molar-refractivity contribution in [3.05, 3.63) is 45.9 Å². The van der Waals surface area contributed by atoms with Crippen LogP contribution in [0.2, 0.25) is 0 Å². The summed E-state index contributed by atoms with van der Waals surface area (Å²) in [6.45, 7) is 0.802. The SMILES string of the molecule is O=C(NC[C@H]1CN(c2ccc(N3CCS(=O)(=O)CC3)c(F)c2)C(=O)O1)c1ccc(CI)s1. The summed E-state index contributed by atoms with van der Waals surface area (Å²) in [5.41, 5.74) is 0.654. The second kappa shape index (κ2) is 9.51. The lowest BCUT2D eigenvalue weighted by Crippen LogP contribution is -2.40. The number of anilines is 2. The van der Waals surface area contributed by atoms with E-state index in [9.17, 15) is 22.4 Å². The van der Waals surface area contributed by atoms with E-state index in [0.717, 1.165) is 9.30 Å². The summed E-state index contributed by atoms with van der Waals surface area (Å²) >= 11 is 3.65. The molecule has 2 fully saturated rings. The topological polar surface area (TPSA) is 96.0 Å². The van der Waals surface area contributed by atoms with Gasteiger partial charge in [0.15, 0.2) is 9.84 Å². The summed E-state index contributed by atoms with van der Waals surface area (Å²) in [5.74, 6) is -0.773. The number of thiophene rings is 1. The van der Waals surface area contributed by atoms with E-state index in [-0.39, 0.29) is 43.6 Å². The average molecular weight is 593 g/mol. The number of nitrogens with zero attached hydrogens (tertiary/aromatic N) is 2. The molecule has 172 valence electrons. The Bertz CT molecular complexity index is 1130. The van der Waals surface area contributed by atoms with Crippen molar-refractivity contribution in [1.82, 2.24) is 5.32 Å². The van der Waals surface area contributed by atoms with Crippen LogP contribution >= 0.6 is 33.9 Å². The van der Waals surface area contributed by atoms with Gasteiger partial charge < -0.3 is 15.0 Å². The minimum absolute atomic E-state index is 0.00903. The van der Waals surface area contributed by atoms with E-state index in [2.05, 4.69) is 27.9 Å². The van der Waals surface area contributed by atoms with Gasteiger partial charge >= 0.3 is 6.09 Å². The Morgan fingerprint density at radius 1 is 1.25 bits per heavy atom. The number of cyclic esters (lactones) is 1. The van der Waals surface area contributed by atoms with Crippen molar-refractivity contribution in [2.45, 2.75) is 10.5 Å². The molecule has 1 N–H and O–H groups in total. The standard InChI is InChI=1S/C20H21FIN3O5S2/c21-16-9-13(1-3-17(16)24-5-7-32(28,29)8-6-24)25-12-14(30-20(25)27)11-23-19(26)18-4-2-15(10-22)31-18/h1-4,9,14H,5-8,10-12H2,(H,23,26)/t14-/m0/s1. The summed E-state index contributed by atoms with van der Waals surface area (Å²) < 4.78 is 44.1. The summed E-state index contributed by atoms with van der Waals surface area (Å²) in [4.78, 5) is 29.3. The lowest BCUT2D eigenvalue weighted by Gasteiger charge is -2.29. The van der Waals surface area contributed by atoms with Crippen LogP contribution in [0.15, 0.2) is 30.3 Å². The van der Waals surface area contributed by atoms with Gasteiger partial charge in [0, 0.05) is 22.4 Å². The van der Waals surface area contributed by atoms with Crippen molar-refractivity contribution in [1.29, 1.82) is 0 Å². The third kappa shape index (κ3) is 5.17. The lowest BCUT2D eigenvalue weighted by molar-refractivity contribution is 0.0920. The molecule has 0 bridgehead atoms. The van der Waals surface area contributed by atoms with Gasteiger partial charge in [-0.1, -0.05) is 22.6 Å². The molecule has 4 rings (SSSR count). The Kier molecular flexibility index (Phi) is 6.91. The molecule has 2 saturated heterocycles. The van der Waals surface area contributed by atoms with Crippen molar-refractivity contribution in [2.75, 3.05) is 47.5 Å². The molecule has 0 unspecified atom stereocenters. The van der Waals surface area contributed by atoms with E-state index in [1.807, 2.05) is 6.07 Å². The molecule has 2 amide bonds. The highest BCUT2D eigenvalue weighted by atomic mass is 127. The Morgan fingerprint density at radius 2 is 2.00 bits per heavy atom. The van der Waals surface area contributed by atoms with Gasteiger partial charge in [0.05, 0.1) is 40.8 Å². The normalized spacial score (nSPS) is 20.3. The van der Waals surface area contributed by atoms with E-state index >= 15 is 0 Å². The van der Waals surface area contributed by atoms with Crippen LogP contribution in [0.5, 0.6) is 0 Å². The second-order valence-electron chi connectivity index (χ2n) is 7.50. The third-order valence-electron chi connectivity index (χ3n) is 5.31. The number of hydrogen-bond acceptors (Lipinski definition) is 7. The van der Waals surface area contributed by atoms with Gasteiger partial charge in [0.25, 0.3) is 5.91 Å². The lowest BCUT2D eigenvalue weighted by atomic mass is 10.2. The zero-order chi connectivity index (χ0) is 22.9. The number of halogens is 2. The molecular weight excluding hydrogens is 572 g/mol. The molecule has 2 aliphatic heterocycles. The molecule has 12 heteroatoms. The van der Waals surface area contributed by atoms with Crippen LogP contribution in [0.1, 0.15) is 14.5 Å². The molecule has 1 aromatic heterocycles. The maximum absolute atomic E-state index is 14.8. The number of rotatable bonds is 6. The molecule has 0 aliphatic carbocycles. The van der Waals surface area contributed by atoms with Gasteiger partial charge in [-0.25, -0.2) is 17.6 Å². The first-order chi connectivity index (χ1) is 15.3. The molecule has 0 saturated carbocycles. The van der Waals surface area contributed by atoms with Gasteiger partial charge in [0.1, 0.15) is 11.9 Å². The van der Waals surface area contributed by atoms with E-state index in [1.165, 1.54) is 22.3 Å². The summed E-state index contributed by atoms with van der Waals surface area (Å²) in [5, 5.41) is 2.78. The number of amides is 2. The monoisotopic (exact) mass is 593 g/mol. The maximum Gasteiger partial charge on any atom is 0.414 e. The minimum atomic E-state index is -3.06. The summed E-state index contributed by atoms with van der Waals surface area (Å²) in [7, 11) is -3.06. The highest BCUT2D eigenvalue weighted by Crippen LogP contribution is 2.29. The Morgan fingerprint density at radius 3 is 2.66 bits per heavy atom. The molecule has 8 nitrogen and oxygen atoms in total. The van der Waals surface area contributed by atoms with Crippen LogP contribution in [0.25, 0.3) is 0 Å². The number of sulfone groups is 1. The smallest absolute Gasteiger partial charge is 0.414 e. The van der Waals surface area contributed by atoms with Crippen molar-refractivity contribution in [3.8, 4) is 0 Å². The maximum atomic E-state index is 14.8. The fourth-order valence-electron chi connectivity index (χ4n) is 3.58. The van der Waals surface area contributed by atoms with Crippen LogP contribution in [-0.4, -0.2) is 64.2 Å². The molecule has 32 heavy (non-hydrogen) atoms. The van der Waals surface area contributed by atoms with E-state index < -0.39 is 27.9 Å². The predicted molar refractivity (Wildman–Crippen MR) is 129 cm³/mol. The first-order valence-corrected chi connectivity index (χ1v) is 14.1. The van der Waals surface area contributed by atoms with Gasteiger partial charge in [-0.2, -0.15) is 0 Å². The molecule has 1 atom stereocenters. The largest absolute Gasteiger partial charge is 0.442 e. The number of hydrogen-bond donors (Lipinski definition) is 1. The summed E-state index contributed by atoms with van der Waals surface area (Å²) in [6.07, 6.45) is -1.16. The molecule has 0 radical (unpaired) electrons. The van der Waals surface area contributed by atoms with Crippen LogP contribution < -0.4 is 15.1 Å². The van der Waals surface area contributed by atoms with Crippen LogP contribution in [0, 0.1) is 5.82 Å². The first kappa shape index (κ1) is 23.2. The fraction of sp³-hybridized carbons (Fsp3) is 0.400. The molecule has 0 spiro atoms. The molecule has 3 heterocycles. The highest BCUT2D eigenvalue weighted by Gasteiger charge is 2.33. The number of nitrogens with one attached hydrogen (secondary N) is 1. The van der Waals surface area contributed by atoms with E-state index in [0.29, 0.717) is 16.3 Å². The van der Waals surface area contributed by atoms with E-state index in [4.69, 9.17) is 4.74 Å². The Labute approximate surface area is 202 Å². The third-order valence-corrected chi connectivity index (χ3v) is 9.34. The second-order valence-corrected chi connectivity index (χ2v) is 11.7. The quantitative estimate of drug-likeness (QED) is 0.409. The molecule has 2 aliphatic rings. The number of carbonyl (C=O) groups excluding carboxylic acids is 2. The molecular formula is C20H21FIN3O5S2. The molecule has 2 aromatic rings. The van der Waals surface area contributed by atoms with Crippen LogP contribution in [0.3, 0.4) is 0 Å². The average Bonchev–Trinajstić information content (AvgIpc) is 3.39. The number of alkyl halides is 1. The van der Waals surface area contributed by atoms with Crippen LogP contribution in [-0.2, 0) is 19.0 Å². The van der Waals surface area contributed by atoms with E-state index in [1.54, 1.807) is 23.1 Å². The zero-order valence-corrected chi connectivity index (χ0v) is 20.7. The Hall–Kier alpha value is -1.93. The first-order valence-electron chi connectivity index (χ1n) is 9.92. The number of ether oxygens (including phenoxy) is 1. The highest BCUT2D eigenvalue weighted by molar-refractivity contribution is 14.1. The fourth-order valence-corrected chi connectivity index (χ4v) is 6.27. The molecule has 1 aromatic carbocycles. The van der Waals surface area contributed by atoms with Gasteiger partial charge in [-0.3, -0.25) is 9.69 Å². The van der Waals surface area contributed by atoms with Crippen molar-refractivity contribution in [3.63, 3.8) is 0 Å². The van der Waals surface area contributed by atoms with Gasteiger partial charge in [-0.05, 0) is 30.3 Å². The van der Waals surface area contributed by atoms with Crippen molar-refractivity contribution < 1.29 is 27.1 Å². The minimum Gasteiger partial charge on any atom is -0.442 e. The predicted octanol–water partition coefficient (Wildman–Crippen LogP) is 2.81. The Balaban J connectivity index is 1.36. The van der Waals surface area contributed by atoms with Gasteiger partial charge in [-0.15, -0.1) is 11.3 Å². The number of benzene rings is 1. The summed E-state index contributed by atoms with van der Waals surface area (Å²) in [6, 6.07) is 8.08. The van der Waals surface area contributed by atoms with Crippen molar-refractivity contribution in [2.24, 2.45) is 0 Å². The van der Waals surface area contributed by atoms with Crippen molar-refractivity contribution >= 4 is 67.1 Å². The van der Waals surface area contributed by atoms with Gasteiger partial charge in [0.2, 0.25) is 0 Å². The zero-order valence-electron chi connectivity index (χ0n) is 16.9. The van der Waals surface area contributed by atoms with Crippen LogP contribution in [0.4, 0.5) is 20.6 Å².